The summed E-state index contributed by atoms with van der Waals surface area (Å²) in [6.07, 6.45) is 1.50. The zero-order chi connectivity index (χ0) is 18.5. The summed E-state index contributed by atoms with van der Waals surface area (Å²) in [5.41, 5.74) is 6.41. The minimum Gasteiger partial charge on any atom is -0.456 e. The second-order valence-electron chi connectivity index (χ2n) is 5.26. The Bertz CT molecular complexity index is 935. The highest BCUT2D eigenvalue weighted by Crippen LogP contribution is 2.24. The molecule has 3 aromatic rings. The van der Waals surface area contributed by atoms with Gasteiger partial charge in [0.15, 0.2) is 0 Å². The maximum absolute atomic E-state index is 13.1. The van der Waals surface area contributed by atoms with Gasteiger partial charge in [-0.2, -0.15) is 0 Å². The standard InChI is InChI=1S/C18H14ClFN4O2/c19-15-9-12(4-6-16(15)20)24-18(25)23-11-2-1-3-13(8-11)26-14-5-7-17(21)22-10-14/h1-10H,(H2,21,22)(H2,23,24,25). The number of benzene rings is 2. The van der Waals surface area contributed by atoms with Crippen LogP contribution in [0.4, 0.5) is 26.4 Å². The number of amides is 2. The normalized spacial score (nSPS) is 10.2. The van der Waals surface area contributed by atoms with Crippen molar-refractivity contribution in [3.05, 3.63) is 71.6 Å². The molecule has 6 nitrogen and oxygen atoms in total. The number of rotatable bonds is 4. The number of halogens is 2. The quantitative estimate of drug-likeness (QED) is 0.608. The summed E-state index contributed by atoms with van der Waals surface area (Å²) in [7, 11) is 0. The van der Waals surface area contributed by atoms with Crippen molar-refractivity contribution in [2.24, 2.45) is 0 Å². The third-order valence-electron chi connectivity index (χ3n) is 3.26. The van der Waals surface area contributed by atoms with Crippen molar-refractivity contribution in [3.63, 3.8) is 0 Å². The molecule has 2 aromatic carbocycles. The summed E-state index contributed by atoms with van der Waals surface area (Å²) in [6.45, 7) is 0. The molecule has 3 rings (SSSR count). The molecule has 0 aliphatic carbocycles. The average molecular weight is 373 g/mol. The van der Waals surface area contributed by atoms with Crippen molar-refractivity contribution in [2.45, 2.75) is 0 Å². The van der Waals surface area contributed by atoms with Gasteiger partial charge in [-0.1, -0.05) is 17.7 Å². The Morgan fingerprint density at radius 1 is 1.04 bits per heavy atom. The van der Waals surface area contributed by atoms with E-state index < -0.39 is 11.8 Å². The van der Waals surface area contributed by atoms with Crippen LogP contribution in [-0.4, -0.2) is 11.0 Å². The fourth-order valence-corrected chi connectivity index (χ4v) is 2.27. The number of ether oxygens (including phenoxy) is 1. The lowest BCUT2D eigenvalue weighted by molar-refractivity contribution is 0.262. The van der Waals surface area contributed by atoms with Crippen molar-refractivity contribution in [2.75, 3.05) is 16.4 Å². The van der Waals surface area contributed by atoms with Crippen molar-refractivity contribution in [1.82, 2.24) is 4.98 Å². The van der Waals surface area contributed by atoms with E-state index in [1.165, 1.54) is 24.4 Å². The molecule has 0 atom stereocenters. The summed E-state index contributed by atoms with van der Waals surface area (Å²) in [6, 6.07) is 13.5. The minimum atomic E-state index is -0.556. The third-order valence-corrected chi connectivity index (χ3v) is 3.55. The van der Waals surface area contributed by atoms with Crippen LogP contribution in [0.1, 0.15) is 0 Å². The number of aromatic nitrogens is 1. The number of nitrogens with zero attached hydrogens (tertiary/aromatic N) is 1. The number of anilines is 3. The second kappa shape index (κ2) is 7.71. The summed E-state index contributed by atoms with van der Waals surface area (Å²) >= 11 is 5.69. The second-order valence-corrected chi connectivity index (χ2v) is 5.66. The van der Waals surface area contributed by atoms with Gasteiger partial charge in [0.25, 0.3) is 0 Å². The first-order valence-corrected chi connectivity index (χ1v) is 7.90. The molecule has 0 radical (unpaired) electrons. The van der Waals surface area contributed by atoms with E-state index in [0.29, 0.717) is 28.7 Å². The first-order chi connectivity index (χ1) is 12.5. The number of nitrogens with one attached hydrogen (secondary N) is 2. The van der Waals surface area contributed by atoms with Gasteiger partial charge < -0.3 is 21.1 Å². The highest BCUT2D eigenvalue weighted by atomic mass is 35.5. The Morgan fingerprint density at radius 3 is 2.50 bits per heavy atom. The molecule has 0 saturated heterocycles. The van der Waals surface area contributed by atoms with E-state index in [1.54, 1.807) is 36.4 Å². The molecule has 0 aliphatic rings. The first-order valence-electron chi connectivity index (χ1n) is 7.52. The minimum absolute atomic E-state index is 0.0738. The number of nitrogens with two attached hydrogens (primary N) is 1. The summed E-state index contributed by atoms with van der Waals surface area (Å²) in [4.78, 5) is 16.0. The predicted molar refractivity (Wildman–Crippen MR) is 99.2 cm³/mol. The molecule has 0 aliphatic heterocycles. The molecule has 0 fully saturated rings. The largest absolute Gasteiger partial charge is 0.456 e. The molecule has 0 bridgehead atoms. The van der Waals surface area contributed by atoms with Gasteiger partial charge in [-0.15, -0.1) is 0 Å². The lowest BCUT2D eigenvalue weighted by Crippen LogP contribution is -2.19. The lowest BCUT2D eigenvalue weighted by Gasteiger charge is -2.10. The lowest BCUT2D eigenvalue weighted by atomic mass is 10.3. The fraction of sp³-hybridized carbons (Fsp3) is 0. The van der Waals surface area contributed by atoms with E-state index in [-0.39, 0.29) is 5.02 Å². The van der Waals surface area contributed by atoms with E-state index >= 15 is 0 Å². The molecular formula is C18H14ClFN4O2. The van der Waals surface area contributed by atoms with Crippen LogP contribution in [0.5, 0.6) is 11.5 Å². The number of carbonyl (C=O) groups is 1. The molecule has 0 spiro atoms. The van der Waals surface area contributed by atoms with E-state index in [0.717, 1.165) is 0 Å². The Morgan fingerprint density at radius 2 is 1.81 bits per heavy atom. The summed E-state index contributed by atoms with van der Waals surface area (Å²) < 4.78 is 18.8. The fourth-order valence-electron chi connectivity index (χ4n) is 2.09. The van der Waals surface area contributed by atoms with Crippen molar-refractivity contribution < 1.29 is 13.9 Å². The molecule has 132 valence electrons. The first kappa shape index (κ1) is 17.5. The number of pyridine rings is 1. The van der Waals surface area contributed by atoms with Crippen LogP contribution < -0.4 is 21.1 Å². The van der Waals surface area contributed by atoms with E-state index in [2.05, 4.69) is 15.6 Å². The topological polar surface area (TPSA) is 89.3 Å². The van der Waals surface area contributed by atoms with Crippen molar-refractivity contribution >= 4 is 34.8 Å². The highest BCUT2D eigenvalue weighted by molar-refractivity contribution is 6.31. The van der Waals surface area contributed by atoms with Gasteiger partial charge in [0.05, 0.1) is 11.2 Å². The number of urea groups is 1. The van der Waals surface area contributed by atoms with Gasteiger partial charge in [-0.05, 0) is 42.5 Å². The Labute approximate surface area is 153 Å². The molecule has 8 heteroatoms. The highest BCUT2D eigenvalue weighted by Gasteiger charge is 2.07. The van der Waals surface area contributed by atoms with Crippen molar-refractivity contribution in [1.29, 1.82) is 0 Å². The van der Waals surface area contributed by atoms with Gasteiger partial charge >= 0.3 is 6.03 Å². The monoisotopic (exact) mass is 372 g/mol. The molecular weight excluding hydrogens is 359 g/mol. The van der Waals surface area contributed by atoms with E-state index in [4.69, 9.17) is 22.1 Å². The van der Waals surface area contributed by atoms with Gasteiger partial charge in [-0.25, -0.2) is 14.2 Å². The summed E-state index contributed by atoms with van der Waals surface area (Å²) in [5, 5.41) is 5.15. The van der Waals surface area contributed by atoms with Crippen molar-refractivity contribution in [3.8, 4) is 11.5 Å². The van der Waals surface area contributed by atoms with E-state index in [9.17, 15) is 9.18 Å². The molecule has 0 saturated carbocycles. The van der Waals surface area contributed by atoms with Crippen LogP contribution >= 0.6 is 11.6 Å². The molecule has 1 heterocycles. The van der Waals surface area contributed by atoms with Gasteiger partial charge in [-0.3, -0.25) is 0 Å². The molecule has 1 aromatic heterocycles. The predicted octanol–water partition coefficient (Wildman–Crippen LogP) is 4.89. The van der Waals surface area contributed by atoms with Crippen LogP contribution in [0.15, 0.2) is 60.8 Å². The third kappa shape index (κ3) is 4.61. The number of carbonyl (C=O) groups excluding carboxylic acids is 1. The number of hydrogen-bond donors (Lipinski definition) is 3. The Kier molecular flexibility index (Phi) is 5.19. The maximum atomic E-state index is 13.1. The zero-order valence-corrected chi connectivity index (χ0v) is 14.1. The number of nitrogen functional groups attached to an aromatic ring is 1. The Hall–Kier alpha value is -3.32. The molecule has 2 amide bonds. The zero-order valence-electron chi connectivity index (χ0n) is 13.4. The average Bonchev–Trinajstić information content (AvgIpc) is 2.60. The summed E-state index contributed by atoms with van der Waals surface area (Å²) in [5.74, 6) is 0.867. The SMILES string of the molecule is Nc1ccc(Oc2cccc(NC(=O)Nc3ccc(F)c(Cl)c3)c2)cn1. The van der Waals surface area contributed by atoms with E-state index in [1.807, 2.05) is 0 Å². The Balaban J connectivity index is 1.65. The maximum Gasteiger partial charge on any atom is 0.323 e. The van der Waals surface area contributed by atoms with Crippen LogP contribution in [0.3, 0.4) is 0 Å². The van der Waals surface area contributed by atoms with Gasteiger partial charge in [0.1, 0.15) is 23.1 Å². The van der Waals surface area contributed by atoms with Gasteiger partial charge in [0.2, 0.25) is 0 Å². The molecule has 26 heavy (non-hydrogen) atoms. The van der Waals surface area contributed by atoms with Gasteiger partial charge in [0, 0.05) is 17.4 Å². The van der Waals surface area contributed by atoms with Crippen LogP contribution in [0.2, 0.25) is 5.02 Å². The smallest absolute Gasteiger partial charge is 0.323 e. The van der Waals surface area contributed by atoms with Crippen LogP contribution in [0.25, 0.3) is 0 Å². The molecule has 0 unspecified atom stereocenters. The number of hydrogen-bond acceptors (Lipinski definition) is 4. The van der Waals surface area contributed by atoms with Crippen LogP contribution in [-0.2, 0) is 0 Å². The van der Waals surface area contributed by atoms with Crippen LogP contribution in [0, 0.1) is 5.82 Å². The molecule has 4 N–H and O–H groups in total.